The van der Waals surface area contributed by atoms with Gasteiger partial charge in [0.25, 0.3) is 5.70 Å². The summed E-state index contributed by atoms with van der Waals surface area (Å²) in [4.78, 5) is 10.1. The second kappa shape index (κ2) is 4.89. The molecule has 0 aromatic heterocycles. The summed E-state index contributed by atoms with van der Waals surface area (Å²) in [5.41, 5.74) is -0.0504. The van der Waals surface area contributed by atoms with E-state index < -0.39 is 10.7 Å². The van der Waals surface area contributed by atoms with Crippen LogP contribution in [0.15, 0.2) is 24.3 Å². The van der Waals surface area contributed by atoms with E-state index in [2.05, 4.69) is 0 Å². The van der Waals surface area contributed by atoms with E-state index in [0.29, 0.717) is 6.42 Å². The third-order valence-corrected chi connectivity index (χ3v) is 2.13. The third kappa shape index (κ3) is 2.76. The fourth-order valence-corrected chi connectivity index (χ4v) is 1.38. The van der Waals surface area contributed by atoms with E-state index in [1.807, 2.05) is 0 Å². The van der Waals surface area contributed by atoms with Crippen molar-refractivity contribution in [3.8, 4) is 0 Å². The van der Waals surface area contributed by atoms with Gasteiger partial charge in [0, 0.05) is 0 Å². The van der Waals surface area contributed by atoms with Gasteiger partial charge in [-0.05, 0) is 30.7 Å². The Morgan fingerprint density at radius 1 is 1.67 bits per heavy atom. The summed E-state index contributed by atoms with van der Waals surface area (Å²) in [5.74, 6) is -0.543. The Kier molecular flexibility index (Phi) is 3.80. The van der Waals surface area contributed by atoms with Crippen molar-refractivity contribution in [2.45, 2.75) is 13.3 Å². The van der Waals surface area contributed by atoms with Gasteiger partial charge in [-0.3, -0.25) is 10.1 Å². The number of hydrogen-bond donors (Lipinski definition) is 0. The topological polar surface area (TPSA) is 43.1 Å². The first-order chi connectivity index (χ1) is 7.06. The molecule has 0 spiro atoms. The molecule has 0 saturated heterocycles. The lowest BCUT2D eigenvalue weighted by Crippen LogP contribution is -1.99. The van der Waals surface area contributed by atoms with Crippen LogP contribution in [0.4, 0.5) is 4.39 Å². The Labute approximate surface area is 91.3 Å². The number of hydrogen-bond acceptors (Lipinski definition) is 2. The Morgan fingerprint density at radius 2 is 2.33 bits per heavy atom. The van der Waals surface area contributed by atoms with Crippen LogP contribution in [0.2, 0.25) is 5.02 Å². The number of benzene rings is 1. The first kappa shape index (κ1) is 11.7. The summed E-state index contributed by atoms with van der Waals surface area (Å²) in [6.45, 7) is 1.76. The molecule has 0 aliphatic carbocycles. The molecule has 0 amide bonds. The van der Waals surface area contributed by atoms with Gasteiger partial charge in [-0.25, -0.2) is 4.39 Å². The van der Waals surface area contributed by atoms with Crippen LogP contribution in [0.1, 0.15) is 18.9 Å². The molecule has 0 saturated carbocycles. The predicted molar refractivity (Wildman–Crippen MR) is 56.7 cm³/mol. The predicted octanol–water partition coefficient (Wildman–Crippen LogP) is 3.51. The zero-order valence-electron chi connectivity index (χ0n) is 8.04. The second-order valence-electron chi connectivity index (χ2n) is 2.88. The summed E-state index contributed by atoms with van der Waals surface area (Å²) in [7, 11) is 0. The molecular weight excluding hydrogens is 221 g/mol. The lowest BCUT2D eigenvalue weighted by Gasteiger charge is -2.01. The molecule has 1 aromatic rings. The molecule has 0 unspecified atom stereocenters. The molecule has 1 aromatic carbocycles. The maximum absolute atomic E-state index is 12.9. The summed E-state index contributed by atoms with van der Waals surface area (Å²) in [5, 5.41) is 10.9. The van der Waals surface area contributed by atoms with Gasteiger partial charge in [0.2, 0.25) is 0 Å². The van der Waals surface area contributed by atoms with Crippen molar-refractivity contribution >= 4 is 17.3 Å². The van der Waals surface area contributed by atoms with Crippen molar-refractivity contribution in [2.24, 2.45) is 0 Å². The molecule has 0 fully saturated rings. The minimum atomic E-state index is -0.565. The van der Waals surface area contributed by atoms with E-state index in [9.17, 15) is 14.5 Å². The number of nitrogens with zero attached hydrogens (tertiary/aromatic N) is 1. The standard InChI is InChI=1S/C10H9ClFNO2/c1-2-3-10(13(14)15)8-6-7(12)4-5-9(8)11/h3-6H,2H2,1H3. The first-order valence-corrected chi connectivity index (χ1v) is 4.74. The molecule has 15 heavy (non-hydrogen) atoms. The molecule has 0 atom stereocenters. The highest BCUT2D eigenvalue weighted by molar-refractivity contribution is 6.32. The summed E-state index contributed by atoms with van der Waals surface area (Å²) in [6.07, 6.45) is 1.89. The SMILES string of the molecule is CCC=C(c1cc(F)ccc1Cl)[N+](=O)[O-]. The van der Waals surface area contributed by atoms with Crippen LogP contribution in [-0.4, -0.2) is 4.92 Å². The van der Waals surface area contributed by atoms with Crippen LogP contribution in [0.25, 0.3) is 5.70 Å². The fraction of sp³-hybridized carbons (Fsp3) is 0.200. The Balaban J connectivity index is 3.28. The smallest absolute Gasteiger partial charge is 0.258 e. The molecule has 0 radical (unpaired) electrons. The highest BCUT2D eigenvalue weighted by atomic mass is 35.5. The normalized spacial score (nSPS) is 11.5. The van der Waals surface area contributed by atoms with E-state index in [-0.39, 0.29) is 16.3 Å². The van der Waals surface area contributed by atoms with Gasteiger partial charge in [-0.1, -0.05) is 18.5 Å². The highest BCUT2D eigenvalue weighted by Gasteiger charge is 2.17. The molecule has 3 nitrogen and oxygen atoms in total. The van der Waals surface area contributed by atoms with Crippen LogP contribution < -0.4 is 0 Å². The van der Waals surface area contributed by atoms with E-state index in [4.69, 9.17) is 11.6 Å². The molecule has 0 N–H and O–H groups in total. The van der Waals surface area contributed by atoms with Crippen LogP contribution in [0.5, 0.6) is 0 Å². The molecule has 0 bridgehead atoms. The van der Waals surface area contributed by atoms with Crippen molar-refractivity contribution in [3.63, 3.8) is 0 Å². The van der Waals surface area contributed by atoms with E-state index >= 15 is 0 Å². The Morgan fingerprint density at radius 3 is 2.87 bits per heavy atom. The Bertz CT molecular complexity index is 418. The van der Waals surface area contributed by atoms with Gasteiger partial charge in [0.15, 0.2) is 0 Å². The van der Waals surface area contributed by atoms with E-state index in [1.165, 1.54) is 12.1 Å². The summed E-state index contributed by atoms with van der Waals surface area (Å²) >= 11 is 5.76. The molecule has 1 rings (SSSR count). The molecule has 0 aliphatic rings. The average Bonchev–Trinajstić information content (AvgIpc) is 2.18. The number of nitro groups is 1. The van der Waals surface area contributed by atoms with Crippen LogP contribution in [-0.2, 0) is 0 Å². The minimum Gasteiger partial charge on any atom is -0.258 e. The third-order valence-electron chi connectivity index (χ3n) is 1.80. The second-order valence-corrected chi connectivity index (χ2v) is 3.29. The van der Waals surface area contributed by atoms with Crippen LogP contribution in [0.3, 0.4) is 0 Å². The summed E-state index contributed by atoms with van der Waals surface area (Å²) in [6, 6.07) is 3.53. The fourth-order valence-electron chi connectivity index (χ4n) is 1.17. The highest BCUT2D eigenvalue weighted by Crippen LogP contribution is 2.25. The van der Waals surface area contributed by atoms with Crippen LogP contribution in [0, 0.1) is 15.9 Å². The van der Waals surface area contributed by atoms with Gasteiger partial charge in [0.1, 0.15) is 5.82 Å². The zero-order chi connectivity index (χ0) is 11.4. The lowest BCUT2D eigenvalue weighted by molar-refractivity contribution is -0.375. The van der Waals surface area contributed by atoms with Crippen molar-refractivity contribution in [1.29, 1.82) is 0 Å². The summed E-state index contributed by atoms with van der Waals surface area (Å²) < 4.78 is 12.9. The lowest BCUT2D eigenvalue weighted by atomic mass is 10.1. The van der Waals surface area contributed by atoms with Crippen molar-refractivity contribution in [2.75, 3.05) is 0 Å². The van der Waals surface area contributed by atoms with Gasteiger partial charge in [0.05, 0.1) is 15.5 Å². The molecule has 80 valence electrons. The molecular formula is C10H9ClFNO2. The van der Waals surface area contributed by atoms with Crippen molar-refractivity contribution < 1.29 is 9.31 Å². The van der Waals surface area contributed by atoms with Crippen molar-refractivity contribution in [1.82, 2.24) is 0 Å². The zero-order valence-corrected chi connectivity index (χ0v) is 8.79. The number of allylic oxidation sites excluding steroid dienone is 1. The maximum Gasteiger partial charge on any atom is 0.274 e. The maximum atomic E-state index is 12.9. The molecule has 5 heteroatoms. The average molecular weight is 230 g/mol. The van der Waals surface area contributed by atoms with Gasteiger partial charge < -0.3 is 0 Å². The van der Waals surface area contributed by atoms with Crippen molar-refractivity contribution in [3.05, 3.63) is 50.8 Å². The largest absolute Gasteiger partial charge is 0.274 e. The number of halogens is 2. The number of rotatable bonds is 3. The monoisotopic (exact) mass is 229 g/mol. The van der Waals surface area contributed by atoms with E-state index in [0.717, 1.165) is 12.1 Å². The Hall–Kier alpha value is -1.42. The van der Waals surface area contributed by atoms with Gasteiger partial charge in [-0.15, -0.1) is 0 Å². The van der Waals surface area contributed by atoms with Gasteiger partial charge >= 0.3 is 0 Å². The van der Waals surface area contributed by atoms with Gasteiger partial charge in [-0.2, -0.15) is 0 Å². The first-order valence-electron chi connectivity index (χ1n) is 4.36. The van der Waals surface area contributed by atoms with E-state index in [1.54, 1.807) is 6.92 Å². The quantitative estimate of drug-likeness (QED) is 0.588. The van der Waals surface area contributed by atoms with Crippen LogP contribution >= 0.6 is 11.6 Å². The minimum absolute atomic E-state index is 0.114. The molecule has 0 heterocycles. The molecule has 0 aliphatic heterocycles.